The maximum absolute atomic E-state index is 12.5. The number of carboxylic acid groups (broad SMARTS) is 1. The van der Waals surface area contributed by atoms with Crippen molar-refractivity contribution in [2.45, 2.75) is 12.9 Å². The molecule has 0 spiro atoms. The second kappa shape index (κ2) is 9.97. The summed E-state index contributed by atoms with van der Waals surface area (Å²) in [5.74, 6) is 0.382. The van der Waals surface area contributed by atoms with Crippen LogP contribution >= 0.6 is 11.6 Å². The SMILES string of the molecule is O=C(O)NCCn1ccc2ncnc(Nc3ccc(Oc4cccc(OC(F)(F)F)c4)c(Cl)c3)c21. The zero-order chi connectivity index (χ0) is 25.0. The number of carbonyl (C=O) groups is 1. The predicted octanol–water partition coefficient (Wildman–Crippen LogP) is 5.79. The van der Waals surface area contributed by atoms with E-state index in [-0.39, 0.29) is 23.1 Å². The van der Waals surface area contributed by atoms with E-state index in [1.807, 2.05) is 4.57 Å². The molecule has 0 aliphatic carbocycles. The summed E-state index contributed by atoms with van der Waals surface area (Å²) >= 11 is 6.34. The second-order valence-electron chi connectivity index (χ2n) is 7.09. The minimum atomic E-state index is -4.82. The van der Waals surface area contributed by atoms with Crippen LogP contribution in [0.25, 0.3) is 11.0 Å². The Morgan fingerprint density at radius 1 is 1.11 bits per heavy atom. The van der Waals surface area contributed by atoms with Gasteiger partial charge in [0.2, 0.25) is 0 Å². The molecule has 0 unspecified atom stereocenters. The molecular weight excluding hydrogens is 491 g/mol. The molecule has 0 saturated heterocycles. The van der Waals surface area contributed by atoms with E-state index in [1.54, 1.807) is 30.5 Å². The van der Waals surface area contributed by atoms with Crippen molar-refractivity contribution in [2.24, 2.45) is 0 Å². The van der Waals surface area contributed by atoms with E-state index in [0.717, 1.165) is 12.1 Å². The van der Waals surface area contributed by atoms with E-state index in [4.69, 9.17) is 21.4 Å². The summed E-state index contributed by atoms with van der Waals surface area (Å²) in [5.41, 5.74) is 1.88. The van der Waals surface area contributed by atoms with Gasteiger partial charge in [-0.25, -0.2) is 14.8 Å². The number of hydrogen-bond donors (Lipinski definition) is 3. The molecule has 0 saturated carbocycles. The first-order valence-electron chi connectivity index (χ1n) is 10.0. The molecule has 35 heavy (non-hydrogen) atoms. The van der Waals surface area contributed by atoms with Gasteiger partial charge in [0.25, 0.3) is 0 Å². The number of ether oxygens (including phenoxy) is 2. The average molecular weight is 508 g/mol. The minimum absolute atomic E-state index is 0.111. The number of aromatic nitrogens is 3. The lowest BCUT2D eigenvalue weighted by Gasteiger charge is -2.13. The molecule has 4 rings (SSSR count). The fraction of sp³-hybridized carbons (Fsp3) is 0.136. The number of benzene rings is 2. The van der Waals surface area contributed by atoms with E-state index in [1.165, 1.54) is 18.5 Å². The van der Waals surface area contributed by atoms with Crippen LogP contribution in [0.2, 0.25) is 5.02 Å². The third-order valence-electron chi connectivity index (χ3n) is 4.64. The van der Waals surface area contributed by atoms with Crippen LogP contribution in [0.3, 0.4) is 0 Å². The van der Waals surface area contributed by atoms with Gasteiger partial charge in [-0.3, -0.25) is 0 Å². The topological polar surface area (TPSA) is 111 Å². The fourth-order valence-electron chi connectivity index (χ4n) is 3.25. The Hall–Kier alpha value is -4.19. The first-order valence-corrected chi connectivity index (χ1v) is 10.4. The summed E-state index contributed by atoms with van der Waals surface area (Å²) in [6, 6.07) is 11.6. The molecule has 0 radical (unpaired) electrons. The first kappa shape index (κ1) is 24.0. The van der Waals surface area contributed by atoms with Crippen molar-refractivity contribution in [3.8, 4) is 17.2 Å². The molecule has 2 heterocycles. The van der Waals surface area contributed by atoms with Crippen molar-refractivity contribution in [3.05, 3.63) is 66.1 Å². The van der Waals surface area contributed by atoms with E-state index in [9.17, 15) is 18.0 Å². The highest BCUT2D eigenvalue weighted by Gasteiger charge is 2.31. The molecule has 3 N–H and O–H groups in total. The monoisotopic (exact) mass is 507 g/mol. The Bertz CT molecular complexity index is 1360. The summed E-state index contributed by atoms with van der Waals surface area (Å²) in [5, 5.41) is 14.4. The lowest BCUT2D eigenvalue weighted by atomic mass is 10.2. The van der Waals surface area contributed by atoms with Crippen LogP contribution in [0, 0.1) is 0 Å². The Morgan fingerprint density at radius 2 is 1.91 bits per heavy atom. The summed E-state index contributed by atoms with van der Waals surface area (Å²) in [6.07, 6.45) is -2.77. The fourth-order valence-corrected chi connectivity index (χ4v) is 3.47. The Labute approximate surface area is 201 Å². The molecule has 2 aromatic carbocycles. The van der Waals surface area contributed by atoms with Gasteiger partial charge < -0.3 is 29.8 Å². The highest BCUT2D eigenvalue weighted by Crippen LogP contribution is 2.35. The highest BCUT2D eigenvalue weighted by molar-refractivity contribution is 6.32. The second-order valence-corrected chi connectivity index (χ2v) is 7.50. The van der Waals surface area contributed by atoms with Crippen molar-refractivity contribution >= 4 is 40.2 Å². The van der Waals surface area contributed by atoms with Crippen molar-refractivity contribution in [2.75, 3.05) is 11.9 Å². The van der Waals surface area contributed by atoms with E-state index < -0.39 is 18.2 Å². The number of nitrogens with zero attached hydrogens (tertiary/aromatic N) is 3. The van der Waals surface area contributed by atoms with Crippen LogP contribution in [0.5, 0.6) is 17.2 Å². The van der Waals surface area contributed by atoms with Gasteiger partial charge >= 0.3 is 12.5 Å². The number of fused-ring (bicyclic) bond motifs is 1. The molecule has 0 fully saturated rings. The lowest BCUT2D eigenvalue weighted by molar-refractivity contribution is -0.274. The Balaban J connectivity index is 1.51. The molecule has 0 bridgehead atoms. The van der Waals surface area contributed by atoms with Crippen molar-refractivity contribution in [1.82, 2.24) is 19.9 Å². The summed E-state index contributed by atoms with van der Waals surface area (Å²) in [7, 11) is 0. The van der Waals surface area contributed by atoms with E-state index in [2.05, 4.69) is 25.3 Å². The number of nitrogens with one attached hydrogen (secondary N) is 2. The van der Waals surface area contributed by atoms with Gasteiger partial charge in [0, 0.05) is 31.0 Å². The van der Waals surface area contributed by atoms with Crippen molar-refractivity contribution in [3.63, 3.8) is 0 Å². The molecule has 0 aliphatic heterocycles. The quantitative estimate of drug-likeness (QED) is 0.277. The largest absolute Gasteiger partial charge is 0.573 e. The van der Waals surface area contributed by atoms with E-state index >= 15 is 0 Å². The van der Waals surface area contributed by atoms with Crippen molar-refractivity contribution < 1.29 is 32.5 Å². The zero-order valence-corrected chi connectivity index (χ0v) is 18.5. The highest BCUT2D eigenvalue weighted by atomic mass is 35.5. The van der Waals surface area contributed by atoms with Gasteiger partial charge in [-0.05, 0) is 36.4 Å². The predicted molar refractivity (Wildman–Crippen MR) is 121 cm³/mol. The molecule has 4 aromatic rings. The molecular formula is C22H17ClF3N5O4. The molecule has 0 atom stereocenters. The van der Waals surface area contributed by atoms with E-state index in [0.29, 0.717) is 29.1 Å². The van der Waals surface area contributed by atoms with Crippen molar-refractivity contribution in [1.29, 1.82) is 0 Å². The van der Waals surface area contributed by atoms with Gasteiger partial charge in [0.05, 0.1) is 10.5 Å². The number of alkyl halides is 3. The summed E-state index contributed by atoms with van der Waals surface area (Å²) in [4.78, 5) is 19.2. The number of hydrogen-bond acceptors (Lipinski definition) is 6. The Kier molecular flexibility index (Phi) is 6.82. The van der Waals surface area contributed by atoms with Crippen LogP contribution in [0.4, 0.5) is 29.5 Å². The van der Waals surface area contributed by atoms with Gasteiger partial charge in [0.15, 0.2) is 5.82 Å². The standard InChI is InChI=1S/C22H17ClF3N5O4/c23-16-10-13(4-5-18(16)34-14-2-1-3-15(11-14)35-22(24,25)26)30-20-19-17(28-12-29-20)6-8-31(19)9-7-27-21(32)33/h1-6,8,10-12,27H,7,9H2,(H,32,33)(H,28,29,30). The van der Waals surface area contributed by atoms with Gasteiger partial charge in [-0.1, -0.05) is 17.7 Å². The molecule has 2 aromatic heterocycles. The number of rotatable bonds is 8. The van der Waals surface area contributed by atoms with Gasteiger partial charge in [-0.2, -0.15) is 0 Å². The first-order chi connectivity index (χ1) is 16.7. The normalized spacial score (nSPS) is 11.3. The number of anilines is 2. The third kappa shape index (κ3) is 6.23. The lowest BCUT2D eigenvalue weighted by Crippen LogP contribution is -2.25. The van der Waals surface area contributed by atoms with Gasteiger partial charge in [-0.15, -0.1) is 13.2 Å². The maximum Gasteiger partial charge on any atom is 0.573 e. The van der Waals surface area contributed by atoms with Crippen LogP contribution in [0.1, 0.15) is 0 Å². The molecule has 182 valence electrons. The summed E-state index contributed by atoms with van der Waals surface area (Å²) in [6.45, 7) is 0.559. The molecule has 13 heteroatoms. The number of amides is 1. The maximum atomic E-state index is 12.5. The molecule has 0 aliphatic rings. The van der Waals surface area contributed by atoms with Crippen LogP contribution in [-0.4, -0.2) is 38.6 Å². The van der Waals surface area contributed by atoms with Crippen LogP contribution < -0.4 is 20.1 Å². The minimum Gasteiger partial charge on any atom is -0.465 e. The smallest absolute Gasteiger partial charge is 0.465 e. The van der Waals surface area contributed by atoms with Crippen LogP contribution in [0.15, 0.2) is 61.1 Å². The molecule has 9 nitrogen and oxygen atoms in total. The third-order valence-corrected chi connectivity index (χ3v) is 4.94. The average Bonchev–Trinajstić information content (AvgIpc) is 3.19. The number of halogens is 4. The molecule has 1 amide bonds. The Morgan fingerprint density at radius 3 is 2.66 bits per heavy atom. The van der Waals surface area contributed by atoms with Gasteiger partial charge in [0.1, 0.15) is 29.1 Å². The zero-order valence-electron chi connectivity index (χ0n) is 17.7. The summed E-state index contributed by atoms with van der Waals surface area (Å²) < 4.78 is 48.7. The van der Waals surface area contributed by atoms with Crippen LogP contribution in [-0.2, 0) is 6.54 Å².